The monoisotopic (exact) mass is 442 g/mol. The number of nitrogens with one attached hydrogen (secondary N) is 1. The third-order valence-electron chi connectivity index (χ3n) is 6.27. The number of thioether (sulfide) groups is 1. The normalized spacial score (nSPS) is 19.2. The van der Waals surface area contributed by atoms with Gasteiger partial charge in [-0.3, -0.25) is 9.59 Å². The number of amides is 2. The van der Waals surface area contributed by atoms with E-state index in [9.17, 15) is 9.59 Å². The lowest BCUT2D eigenvalue weighted by Crippen LogP contribution is -2.35. The van der Waals surface area contributed by atoms with E-state index in [1.165, 1.54) is 0 Å². The van der Waals surface area contributed by atoms with Gasteiger partial charge in [-0.25, -0.2) is 4.98 Å². The molecule has 0 aliphatic carbocycles. The van der Waals surface area contributed by atoms with Crippen molar-refractivity contribution < 1.29 is 14.3 Å². The minimum Gasteiger partial charge on any atom is -0.373 e. The average molecular weight is 443 g/mol. The molecule has 0 saturated carbocycles. The van der Waals surface area contributed by atoms with Gasteiger partial charge in [0.1, 0.15) is 5.69 Å². The summed E-state index contributed by atoms with van der Waals surface area (Å²) in [5.74, 6) is -0.167. The average Bonchev–Trinajstić information content (AvgIpc) is 3.41. The van der Waals surface area contributed by atoms with Crippen LogP contribution < -0.4 is 5.32 Å². The largest absolute Gasteiger partial charge is 0.373 e. The Hall–Kier alpha value is -2.32. The number of likely N-dealkylation sites (tertiary alicyclic amines) is 1. The van der Waals surface area contributed by atoms with E-state index in [1.54, 1.807) is 17.8 Å². The Kier molecular flexibility index (Phi) is 6.67. The Morgan fingerprint density at radius 3 is 2.84 bits per heavy atom. The Morgan fingerprint density at radius 1 is 1.35 bits per heavy atom. The summed E-state index contributed by atoms with van der Waals surface area (Å²) in [7, 11) is 0. The number of aromatic nitrogens is 2. The van der Waals surface area contributed by atoms with Crippen LogP contribution >= 0.6 is 11.8 Å². The Labute approximate surface area is 187 Å². The van der Waals surface area contributed by atoms with E-state index in [1.807, 2.05) is 41.0 Å². The van der Waals surface area contributed by atoms with E-state index in [-0.39, 0.29) is 23.9 Å². The minimum absolute atomic E-state index is 0.0103. The molecular weight excluding hydrogens is 412 g/mol. The van der Waals surface area contributed by atoms with E-state index in [0.717, 1.165) is 42.1 Å². The second-order valence-electron chi connectivity index (χ2n) is 8.15. The maximum absolute atomic E-state index is 13.3. The topological polar surface area (TPSA) is 76.5 Å². The molecule has 8 heteroatoms. The van der Waals surface area contributed by atoms with Crippen molar-refractivity contribution in [2.24, 2.45) is 0 Å². The molecule has 0 spiro atoms. The van der Waals surface area contributed by atoms with Gasteiger partial charge in [0.25, 0.3) is 11.8 Å². The molecule has 2 amide bonds. The smallest absolute Gasteiger partial charge is 0.270 e. The van der Waals surface area contributed by atoms with Gasteiger partial charge in [0.15, 0.2) is 0 Å². The molecule has 4 heterocycles. The number of nitrogens with zero attached hydrogens (tertiary/aromatic N) is 3. The van der Waals surface area contributed by atoms with Gasteiger partial charge >= 0.3 is 0 Å². The third kappa shape index (κ3) is 4.36. The fraction of sp³-hybridized carbons (Fsp3) is 0.522. The minimum atomic E-state index is -0.177. The van der Waals surface area contributed by atoms with Crippen molar-refractivity contribution in [3.05, 3.63) is 46.9 Å². The first-order valence-corrected chi connectivity index (χ1v) is 12.2. The van der Waals surface area contributed by atoms with E-state index < -0.39 is 0 Å². The molecule has 2 aliphatic heterocycles. The van der Waals surface area contributed by atoms with Crippen molar-refractivity contribution in [1.29, 1.82) is 0 Å². The maximum Gasteiger partial charge on any atom is 0.270 e. The van der Waals surface area contributed by atoms with Gasteiger partial charge in [-0.2, -0.15) is 0 Å². The van der Waals surface area contributed by atoms with Crippen LogP contribution in [0.15, 0.2) is 29.4 Å². The molecule has 1 N–H and O–H groups in total. The Morgan fingerprint density at radius 2 is 2.19 bits per heavy atom. The Bertz CT molecular complexity index is 956. The first-order chi connectivity index (χ1) is 15.0. The van der Waals surface area contributed by atoms with Crippen LogP contribution in [-0.4, -0.2) is 51.7 Å². The zero-order valence-electron chi connectivity index (χ0n) is 18.4. The third-order valence-corrected chi connectivity index (χ3v) is 6.93. The van der Waals surface area contributed by atoms with Gasteiger partial charge in [-0.15, -0.1) is 11.8 Å². The van der Waals surface area contributed by atoms with Gasteiger partial charge in [0.2, 0.25) is 0 Å². The van der Waals surface area contributed by atoms with Crippen molar-refractivity contribution in [2.75, 3.05) is 19.4 Å². The summed E-state index contributed by atoms with van der Waals surface area (Å²) < 4.78 is 7.60. The number of carbonyl (C=O) groups excluding carboxylic acids is 2. The molecule has 31 heavy (non-hydrogen) atoms. The molecule has 0 radical (unpaired) electrons. The summed E-state index contributed by atoms with van der Waals surface area (Å²) in [6, 6.07) is 5.83. The lowest BCUT2D eigenvalue weighted by molar-refractivity contribution is 0.0683. The molecule has 166 valence electrons. The van der Waals surface area contributed by atoms with Gasteiger partial charge < -0.3 is 19.5 Å². The van der Waals surface area contributed by atoms with Crippen molar-refractivity contribution in [3.8, 4) is 0 Å². The first-order valence-electron chi connectivity index (χ1n) is 10.9. The predicted molar refractivity (Wildman–Crippen MR) is 120 cm³/mol. The number of ether oxygens (including phenoxy) is 1. The molecule has 2 aromatic heterocycles. The molecule has 1 saturated heterocycles. The SMILES string of the molecule is CCC(NC(=O)c1cc(C(=O)N2CCCC2C)n2c1COCC2)c1ccc(SC)nc1. The fourth-order valence-corrected chi connectivity index (χ4v) is 4.82. The summed E-state index contributed by atoms with van der Waals surface area (Å²) in [5, 5.41) is 4.09. The van der Waals surface area contributed by atoms with Gasteiger partial charge in [-0.1, -0.05) is 13.0 Å². The lowest BCUT2D eigenvalue weighted by atomic mass is 10.1. The molecule has 0 aromatic carbocycles. The number of hydrogen-bond donors (Lipinski definition) is 1. The standard InChI is InChI=1S/C23H30N4O3S/c1-4-18(16-7-8-21(31-3)24-13-16)25-22(28)17-12-19(27-10-11-30-14-20(17)27)23(29)26-9-5-6-15(26)2/h7-8,12-13,15,18H,4-6,9-11,14H2,1-3H3,(H,25,28). The van der Waals surface area contributed by atoms with Gasteiger partial charge in [0, 0.05) is 25.3 Å². The molecule has 4 rings (SSSR count). The van der Waals surface area contributed by atoms with Gasteiger partial charge in [-0.05, 0) is 50.1 Å². The highest BCUT2D eigenvalue weighted by Gasteiger charge is 2.32. The molecule has 2 atom stereocenters. The number of rotatable bonds is 6. The number of hydrogen-bond acceptors (Lipinski definition) is 5. The molecule has 2 aliphatic rings. The maximum atomic E-state index is 13.3. The highest BCUT2D eigenvalue weighted by molar-refractivity contribution is 7.98. The number of pyridine rings is 1. The van der Waals surface area contributed by atoms with Crippen LogP contribution in [0.5, 0.6) is 0 Å². The quantitative estimate of drug-likeness (QED) is 0.691. The van der Waals surface area contributed by atoms with Crippen LogP contribution in [0.2, 0.25) is 0 Å². The molecule has 2 aromatic rings. The molecular formula is C23H30N4O3S. The van der Waals surface area contributed by atoms with Crippen LogP contribution in [0.25, 0.3) is 0 Å². The zero-order valence-corrected chi connectivity index (χ0v) is 19.2. The zero-order chi connectivity index (χ0) is 22.0. The van der Waals surface area contributed by atoms with E-state index in [0.29, 0.717) is 31.0 Å². The summed E-state index contributed by atoms with van der Waals surface area (Å²) in [4.78, 5) is 32.9. The van der Waals surface area contributed by atoms with E-state index >= 15 is 0 Å². The molecule has 7 nitrogen and oxygen atoms in total. The lowest BCUT2D eigenvalue weighted by Gasteiger charge is -2.24. The van der Waals surface area contributed by atoms with Crippen molar-refractivity contribution in [1.82, 2.24) is 19.8 Å². The number of carbonyl (C=O) groups is 2. The van der Waals surface area contributed by atoms with Crippen LogP contribution in [0.4, 0.5) is 0 Å². The highest BCUT2D eigenvalue weighted by atomic mass is 32.2. The van der Waals surface area contributed by atoms with Crippen molar-refractivity contribution >= 4 is 23.6 Å². The predicted octanol–water partition coefficient (Wildman–Crippen LogP) is 3.64. The second-order valence-corrected chi connectivity index (χ2v) is 8.98. The number of fused-ring (bicyclic) bond motifs is 1. The Balaban J connectivity index is 1.60. The van der Waals surface area contributed by atoms with E-state index in [2.05, 4.69) is 17.2 Å². The van der Waals surface area contributed by atoms with Crippen molar-refractivity contribution in [2.45, 2.75) is 63.4 Å². The summed E-state index contributed by atoms with van der Waals surface area (Å²) >= 11 is 1.59. The van der Waals surface area contributed by atoms with E-state index in [4.69, 9.17) is 4.74 Å². The fourth-order valence-electron chi connectivity index (χ4n) is 4.46. The first kappa shape index (κ1) is 21.9. The summed E-state index contributed by atoms with van der Waals surface area (Å²) in [5.41, 5.74) is 2.88. The summed E-state index contributed by atoms with van der Waals surface area (Å²) in [6.07, 6.45) is 6.61. The molecule has 0 bridgehead atoms. The van der Waals surface area contributed by atoms with Crippen LogP contribution in [0, 0.1) is 0 Å². The molecule has 2 unspecified atom stereocenters. The van der Waals surface area contributed by atoms with Crippen LogP contribution in [-0.2, 0) is 17.9 Å². The van der Waals surface area contributed by atoms with Crippen LogP contribution in [0.1, 0.15) is 71.3 Å². The van der Waals surface area contributed by atoms with Crippen LogP contribution in [0.3, 0.4) is 0 Å². The highest BCUT2D eigenvalue weighted by Crippen LogP contribution is 2.27. The van der Waals surface area contributed by atoms with Crippen molar-refractivity contribution in [3.63, 3.8) is 0 Å². The molecule has 1 fully saturated rings. The summed E-state index contributed by atoms with van der Waals surface area (Å²) in [6.45, 7) is 6.37. The second kappa shape index (κ2) is 9.44. The van der Waals surface area contributed by atoms with Gasteiger partial charge in [0.05, 0.1) is 35.5 Å².